The zero-order valence-corrected chi connectivity index (χ0v) is 12.2. The molecule has 0 saturated heterocycles. The molecule has 1 aromatic heterocycles. The number of rotatable bonds is 4. The molecule has 1 unspecified atom stereocenters. The van der Waals surface area contributed by atoms with Crippen molar-refractivity contribution < 1.29 is 4.74 Å². The number of hydrogen-bond acceptors (Lipinski definition) is 3. The molecule has 4 nitrogen and oxygen atoms in total. The first-order chi connectivity index (χ1) is 8.14. The van der Waals surface area contributed by atoms with Gasteiger partial charge in [0.05, 0.1) is 28.0 Å². The normalized spacial score (nSPS) is 20.7. The van der Waals surface area contributed by atoms with Gasteiger partial charge >= 0.3 is 0 Å². The van der Waals surface area contributed by atoms with Crippen LogP contribution in [-0.2, 0) is 11.8 Å². The number of ether oxygens (including phenoxy) is 1. The Hall–Kier alpha value is -0.390. The maximum absolute atomic E-state index is 5.86. The third kappa shape index (κ3) is 2.16. The summed E-state index contributed by atoms with van der Waals surface area (Å²) in [5.74, 6) is 0. The van der Waals surface area contributed by atoms with Crippen LogP contribution in [-0.4, -0.2) is 29.5 Å². The average molecular weight is 302 g/mol. The van der Waals surface area contributed by atoms with Crippen LogP contribution in [0.25, 0.3) is 0 Å². The van der Waals surface area contributed by atoms with Crippen LogP contribution in [0.2, 0.25) is 0 Å². The second-order valence-electron chi connectivity index (χ2n) is 4.70. The van der Waals surface area contributed by atoms with Gasteiger partial charge in [-0.1, -0.05) is 12.8 Å². The van der Waals surface area contributed by atoms with E-state index in [4.69, 9.17) is 4.74 Å². The molecule has 5 heteroatoms. The van der Waals surface area contributed by atoms with Crippen molar-refractivity contribution in [1.82, 2.24) is 15.1 Å². The summed E-state index contributed by atoms with van der Waals surface area (Å²) in [5, 5.41) is 7.70. The highest BCUT2D eigenvalue weighted by atomic mass is 79.9. The minimum absolute atomic E-state index is 0.0922. The Labute approximate surface area is 111 Å². The molecule has 2 rings (SSSR count). The number of likely N-dealkylation sites (N-methyl/N-ethyl adjacent to an activating group) is 1. The van der Waals surface area contributed by atoms with Crippen molar-refractivity contribution in [1.29, 1.82) is 0 Å². The summed E-state index contributed by atoms with van der Waals surface area (Å²) in [4.78, 5) is 0. The van der Waals surface area contributed by atoms with Gasteiger partial charge in [-0.05, 0) is 35.8 Å². The third-order valence-corrected chi connectivity index (χ3v) is 4.49. The fourth-order valence-corrected chi connectivity index (χ4v) is 3.56. The predicted octanol–water partition coefficient (Wildman–Crippen LogP) is 2.40. The van der Waals surface area contributed by atoms with E-state index in [0.717, 1.165) is 23.0 Å². The molecule has 0 spiro atoms. The van der Waals surface area contributed by atoms with Crippen molar-refractivity contribution in [3.8, 4) is 0 Å². The van der Waals surface area contributed by atoms with Crippen molar-refractivity contribution in [2.45, 2.75) is 37.3 Å². The van der Waals surface area contributed by atoms with E-state index >= 15 is 0 Å². The number of nitrogens with one attached hydrogen (secondary N) is 1. The van der Waals surface area contributed by atoms with Crippen molar-refractivity contribution in [3.05, 3.63) is 16.4 Å². The van der Waals surface area contributed by atoms with Crippen LogP contribution in [0.1, 0.15) is 37.4 Å². The number of aryl methyl sites for hydroxylation is 1. The average Bonchev–Trinajstić information content (AvgIpc) is 2.92. The molecule has 0 amide bonds. The lowest BCUT2D eigenvalue weighted by Crippen LogP contribution is -2.43. The maximum Gasteiger partial charge on any atom is 0.0888 e. The zero-order chi connectivity index (χ0) is 12.5. The Bertz CT molecular complexity index is 366. The summed E-state index contributed by atoms with van der Waals surface area (Å²) in [5.41, 5.74) is 1.07. The summed E-state index contributed by atoms with van der Waals surface area (Å²) in [6.45, 7) is 0. The van der Waals surface area contributed by atoms with Crippen LogP contribution >= 0.6 is 15.9 Å². The predicted molar refractivity (Wildman–Crippen MR) is 70.9 cm³/mol. The number of hydrogen-bond donors (Lipinski definition) is 1. The van der Waals surface area contributed by atoms with Crippen molar-refractivity contribution in [2.75, 3.05) is 14.2 Å². The van der Waals surface area contributed by atoms with Crippen LogP contribution in [0.3, 0.4) is 0 Å². The molecule has 1 aliphatic rings. The molecule has 1 atom stereocenters. The van der Waals surface area contributed by atoms with E-state index in [2.05, 4.69) is 26.3 Å². The molecule has 96 valence electrons. The minimum atomic E-state index is -0.0922. The molecular weight excluding hydrogens is 282 g/mol. The topological polar surface area (TPSA) is 39.1 Å². The summed E-state index contributed by atoms with van der Waals surface area (Å²) in [6, 6.07) is 0.178. The van der Waals surface area contributed by atoms with E-state index in [1.807, 2.05) is 32.1 Å². The van der Waals surface area contributed by atoms with Gasteiger partial charge in [-0.2, -0.15) is 5.10 Å². The Morgan fingerprint density at radius 2 is 2.18 bits per heavy atom. The SMILES string of the molecule is CNC(c1c(Br)cnn1C)C1(OC)CCCC1. The van der Waals surface area contributed by atoms with Gasteiger partial charge in [-0.3, -0.25) is 4.68 Å². The number of nitrogens with zero attached hydrogens (tertiary/aromatic N) is 2. The first-order valence-electron chi connectivity index (χ1n) is 6.04. The van der Waals surface area contributed by atoms with Gasteiger partial charge < -0.3 is 10.1 Å². The highest BCUT2D eigenvalue weighted by Crippen LogP contribution is 2.43. The molecule has 1 aliphatic carbocycles. The fraction of sp³-hybridized carbons (Fsp3) is 0.750. The Kier molecular flexibility index (Phi) is 3.90. The van der Waals surface area contributed by atoms with Crippen LogP contribution in [0, 0.1) is 0 Å². The van der Waals surface area contributed by atoms with E-state index in [1.165, 1.54) is 12.8 Å². The molecule has 1 aromatic rings. The summed E-state index contributed by atoms with van der Waals surface area (Å²) in [6.07, 6.45) is 6.53. The molecule has 0 radical (unpaired) electrons. The molecule has 1 heterocycles. The molecule has 0 aliphatic heterocycles. The molecule has 0 bridgehead atoms. The van der Waals surface area contributed by atoms with E-state index in [1.54, 1.807) is 0 Å². The zero-order valence-electron chi connectivity index (χ0n) is 10.7. The lowest BCUT2D eigenvalue weighted by molar-refractivity contribution is -0.0370. The number of methoxy groups -OCH3 is 1. The van der Waals surface area contributed by atoms with Crippen LogP contribution in [0.5, 0.6) is 0 Å². The van der Waals surface area contributed by atoms with Gasteiger partial charge in [0.15, 0.2) is 0 Å². The molecule has 0 aromatic carbocycles. The fourth-order valence-electron chi connectivity index (χ4n) is 2.98. The molecule has 1 fully saturated rings. The smallest absolute Gasteiger partial charge is 0.0888 e. The third-order valence-electron chi connectivity index (χ3n) is 3.88. The lowest BCUT2D eigenvalue weighted by Gasteiger charge is -2.36. The van der Waals surface area contributed by atoms with Crippen LogP contribution < -0.4 is 5.32 Å². The standard InChI is InChI=1S/C12H20BrN3O/c1-14-11(10-9(13)8-15-16(10)2)12(17-3)6-4-5-7-12/h8,11,14H,4-7H2,1-3H3. The molecule has 1 saturated carbocycles. The van der Waals surface area contributed by atoms with Crippen molar-refractivity contribution in [2.24, 2.45) is 7.05 Å². The van der Waals surface area contributed by atoms with E-state index in [-0.39, 0.29) is 11.6 Å². The highest BCUT2D eigenvalue weighted by molar-refractivity contribution is 9.10. The van der Waals surface area contributed by atoms with Gasteiger partial charge in [0.2, 0.25) is 0 Å². The van der Waals surface area contributed by atoms with Gasteiger partial charge in [0, 0.05) is 14.2 Å². The number of halogens is 1. The summed E-state index contributed by atoms with van der Waals surface area (Å²) >= 11 is 3.58. The second-order valence-corrected chi connectivity index (χ2v) is 5.55. The minimum Gasteiger partial charge on any atom is -0.376 e. The van der Waals surface area contributed by atoms with E-state index in [0.29, 0.717) is 0 Å². The van der Waals surface area contributed by atoms with Crippen molar-refractivity contribution >= 4 is 15.9 Å². The highest BCUT2D eigenvalue weighted by Gasteiger charge is 2.43. The van der Waals surface area contributed by atoms with Crippen molar-refractivity contribution in [3.63, 3.8) is 0 Å². The van der Waals surface area contributed by atoms with Crippen LogP contribution in [0.4, 0.5) is 0 Å². The first kappa shape index (κ1) is 13.1. The van der Waals surface area contributed by atoms with E-state index < -0.39 is 0 Å². The quantitative estimate of drug-likeness (QED) is 0.928. The monoisotopic (exact) mass is 301 g/mol. The lowest BCUT2D eigenvalue weighted by atomic mass is 9.89. The second kappa shape index (κ2) is 5.08. The van der Waals surface area contributed by atoms with Gasteiger partial charge in [-0.15, -0.1) is 0 Å². The van der Waals surface area contributed by atoms with Gasteiger partial charge in [0.1, 0.15) is 0 Å². The molecule has 17 heavy (non-hydrogen) atoms. The Morgan fingerprint density at radius 3 is 2.59 bits per heavy atom. The number of aromatic nitrogens is 2. The Balaban J connectivity index is 2.39. The molecular formula is C12H20BrN3O. The maximum atomic E-state index is 5.86. The van der Waals surface area contributed by atoms with Crippen LogP contribution in [0.15, 0.2) is 10.7 Å². The largest absolute Gasteiger partial charge is 0.376 e. The van der Waals surface area contributed by atoms with Gasteiger partial charge in [-0.25, -0.2) is 0 Å². The summed E-state index contributed by atoms with van der Waals surface area (Å²) in [7, 11) is 5.78. The first-order valence-corrected chi connectivity index (χ1v) is 6.84. The molecule has 1 N–H and O–H groups in total. The Morgan fingerprint density at radius 1 is 1.53 bits per heavy atom. The summed E-state index contributed by atoms with van der Waals surface area (Å²) < 4.78 is 8.83. The van der Waals surface area contributed by atoms with Gasteiger partial charge in [0.25, 0.3) is 0 Å². The van der Waals surface area contributed by atoms with E-state index in [9.17, 15) is 0 Å².